The quantitative estimate of drug-likeness (QED) is 0.782. The summed E-state index contributed by atoms with van der Waals surface area (Å²) >= 11 is 1.11. The smallest absolute Gasteiger partial charge is 0.234 e. The van der Waals surface area contributed by atoms with Crippen molar-refractivity contribution < 1.29 is 17.6 Å². The first kappa shape index (κ1) is 17.3. The van der Waals surface area contributed by atoms with E-state index in [1.165, 1.54) is 6.07 Å². The number of nitrogens with one attached hydrogen (secondary N) is 2. The molecule has 0 saturated heterocycles. The van der Waals surface area contributed by atoms with Gasteiger partial charge in [0.1, 0.15) is 5.82 Å². The predicted octanol–water partition coefficient (Wildman–Crippen LogP) is 2.93. The lowest BCUT2D eigenvalue weighted by atomic mass is 10.3. The van der Waals surface area contributed by atoms with Crippen molar-refractivity contribution in [2.24, 2.45) is 0 Å². The Morgan fingerprint density at radius 3 is 2.30 bits per heavy atom. The summed E-state index contributed by atoms with van der Waals surface area (Å²) in [6.45, 7) is 0. The second kappa shape index (κ2) is 7.47. The molecule has 0 atom stereocenters. The maximum absolute atomic E-state index is 13.4. The number of hydrogen-bond acceptors (Lipinski definition) is 4. The first-order valence-electron chi connectivity index (χ1n) is 6.58. The van der Waals surface area contributed by atoms with Crippen molar-refractivity contribution in [3.63, 3.8) is 0 Å². The Morgan fingerprint density at radius 2 is 1.70 bits per heavy atom. The second-order valence-electron chi connectivity index (χ2n) is 4.72. The molecule has 0 aliphatic carbocycles. The molecule has 0 aliphatic rings. The Hall–Kier alpha value is -2.06. The van der Waals surface area contributed by atoms with Crippen LogP contribution in [-0.2, 0) is 14.8 Å². The Kier molecular flexibility index (Phi) is 5.62. The summed E-state index contributed by atoms with van der Waals surface area (Å²) in [5.41, 5.74) is 0.939. The molecule has 0 saturated carbocycles. The second-order valence-corrected chi connectivity index (χ2v) is 7.48. The van der Waals surface area contributed by atoms with Crippen LogP contribution in [0.3, 0.4) is 0 Å². The van der Waals surface area contributed by atoms with Crippen LogP contribution in [0, 0.1) is 5.82 Å². The van der Waals surface area contributed by atoms with E-state index >= 15 is 0 Å². The SMILES string of the molecule is CS(=O)(=O)Nc1ccc(NC(=O)CSc2ccccc2F)cc1. The zero-order chi connectivity index (χ0) is 16.9. The molecule has 122 valence electrons. The zero-order valence-corrected chi connectivity index (χ0v) is 13.9. The summed E-state index contributed by atoms with van der Waals surface area (Å²) in [6, 6.07) is 12.5. The highest BCUT2D eigenvalue weighted by Gasteiger charge is 2.07. The maximum atomic E-state index is 13.4. The van der Waals surface area contributed by atoms with Crippen molar-refractivity contribution >= 4 is 39.1 Å². The molecular formula is C15H15FN2O3S2. The maximum Gasteiger partial charge on any atom is 0.234 e. The number of carbonyl (C=O) groups excluding carboxylic acids is 1. The van der Waals surface area contributed by atoms with Gasteiger partial charge in [-0.2, -0.15) is 0 Å². The van der Waals surface area contributed by atoms with Gasteiger partial charge in [-0.1, -0.05) is 12.1 Å². The predicted molar refractivity (Wildman–Crippen MR) is 90.7 cm³/mol. The molecular weight excluding hydrogens is 339 g/mol. The van der Waals surface area contributed by atoms with E-state index in [4.69, 9.17) is 0 Å². The number of hydrogen-bond donors (Lipinski definition) is 2. The molecule has 0 radical (unpaired) electrons. The average molecular weight is 354 g/mol. The van der Waals surface area contributed by atoms with Crippen LogP contribution in [-0.4, -0.2) is 26.3 Å². The standard InChI is InChI=1S/C15H15FN2O3S2/c1-23(20,21)18-12-8-6-11(7-9-12)17-15(19)10-22-14-5-3-2-4-13(14)16/h2-9,18H,10H2,1H3,(H,17,19). The minimum absolute atomic E-state index is 0.0737. The lowest BCUT2D eigenvalue weighted by molar-refractivity contribution is -0.113. The highest BCUT2D eigenvalue weighted by atomic mass is 32.2. The molecule has 5 nitrogen and oxygen atoms in total. The van der Waals surface area contributed by atoms with Gasteiger partial charge in [0.25, 0.3) is 0 Å². The summed E-state index contributed by atoms with van der Waals surface area (Å²) < 4.78 is 38.0. The third-order valence-corrected chi connectivity index (χ3v) is 4.32. The molecule has 0 bridgehead atoms. The minimum Gasteiger partial charge on any atom is -0.325 e. The van der Waals surface area contributed by atoms with Gasteiger partial charge in [0.05, 0.1) is 12.0 Å². The number of carbonyl (C=O) groups is 1. The van der Waals surface area contributed by atoms with Crippen LogP contribution < -0.4 is 10.0 Å². The highest BCUT2D eigenvalue weighted by molar-refractivity contribution is 8.00. The summed E-state index contributed by atoms with van der Waals surface area (Å²) in [6.07, 6.45) is 1.06. The van der Waals surface area contributed by atoms with Crippen molar-refractivity contribution in [1.82, 2.24) is 0 Å². The van der Waals surface area contributed by atoms with Crippen molar-refractivity contribution in [3.8, 4) is 0 Å². The molecule has 0 aliphatic heterocycles. The Morgan fingerprint density at radius 1 is 1.09 bits per heavy atom. The van der Waals surface area contributed by atoms with Crippen molar-refractivity contribution in [2.45, 2.75) is 4.90 Å². The van der Waals surface area contributed by atoms with E-state index in [1.807, 2.05) is 0 Å². The fourth-order valence-corrected chi connectivity index (χ4v) is 3.04. The Labute approximate surface area is 138 Å². The number of thioether (sulfide) groups is 1. The van der Waals surface area contributed by atoms with Gasteiger partial charge < -0.3 is 5.32 Å². The molecule has 8 heteroatoms. The molecule has 1 amide bonds. The molecule has 0 spiro atoms. The summed E-state index contributed by atoms with van der Waals surface area (Å²) in [4.78, 5) is 12.3. The van der Waals surface area contributed by atoms with Gasteiger partial charge in [0.2, 0.25) is 15.9 Å². The van der Waals surface area contributed by atoms with Crippen molar-refractivity contribution in [2.75, 3.05) is 22.0 Å². The molecule has 23 heavy (non-hydrogen) atoms. The lowest BCUT2D eigenvalue weighted by Gasteiger charge is -2.07. The van der Waals surface area contributed by atoms with Crippen LogP contribution in [0.15, 0.2) is 53.4 Å². The summed E-state index contributed by atoms with van der Waals surface area (Å²) in [5, 5.41) is 2.66. The molecule has 2 N–H and O–H groups in total. The minimum atomic E-state index is -3.33. The largest absolute Gasteiger partial charge is 0.325 e. The third kappa shape index (κ3) is 5.91. The van der Waals surface area contributed by atoms with E-state index < -0.39 is 10.0 Å². The van der Waals surface area contributed by atoms with E-state index in [-0.39, 0.29) is 17.5 Å². The molecule has 2 aromatic carbocycles. The molecule has 2 rings (SSSR count). The highest BCUT2D eigenvalue weighted by Crippen LogP contribution is 2.21. The van der Waals surface area contributed by atoms with E-state index in [2.05, 4.69) is 10.0 Å². The number of anilines is 2. The molecule has 0 aromatic heterocycles. The van der Waals surface area contributed by atoms with Gasteiger partial charge in [-0.25, -0.2) is 12.8 Å². The Balaban J connectivity index is 1.89. The molecule has 0 unspecified atom stereocenters. The first-order chi connectivity index (χ1) is 10.8. The van der Waals surface area contributed by atoms with E-state index in [0.29, 0.717) is 16.3 Å². The van der Waals surface area contributed by atoms with Gasteiger partial charge in [-0.15, -0.1) is 11.8 Å². The van der Waals surface area contributed by atoms with E-state index in [9.17, 15) is 17.6 Å². The fourth-order valence-electron chi connectivity index (χ4n) is 1.74. The molecule has 0 fully saturated rings. The van der Waals surface area contributed by atoms with Crippen LogP contribution in [0.25, 0.3) is 0 Å². The van der Waals surface area contributed by atoms with Gasteiger partial charge in [0.15, 0.2) is 0 Å². The lowest BCUT2D eigenvalue weighted by Crippen LogP contribution is -2.14. The van der Waals surface area contributed by atoms with Gasteiger partial charge in [-0.05, 0) is 36.4 Å². The zero-order valence-electron chi connectivity index (χ0n) is 12.2. The normalized spacial score (nSPS) is 11.0. The number of rotatable bonds is 6. The van der Waals surface area contributed by atoms with Gasteiger partial charge >= 0.3 is 0 Å². The monoisotopic (exact) mass is 354 g/mol. The van der Waals surface area contributed by atoms with Crippen molar-refractivity contribution in [1.29, 1.82) is 0 Å². The van der Waals surface area contributed by atoms with Crippen LogP contribution in [0.1, 0.15) is 0 Å². The topological polar surface area (TPSA) is 75.3 Å². The van der Waals surface area contributed by atoms with Crippen LogP contribution in [0.5, 0.6) is 0 Å². The van der Waals surface area contributed by atoms with E-state index in [0.717, 1.165) is 18.0 Å². The first-order valence-corrected chi connectivity index (χ1v) is 9.46. The number of halogens is 1. The van der Waals surface area contributed by atoms with E-state index in [1.54, 1.807) is 42.5 Å². The molecule has 0 heterocycles. The number of sulfonamides is 1. The van der Waals surface area contributed by atoms with Crippen LogP contribution in [0.4, 0.5) is 15.8 Å². The average Bonchev–Trinajstić information content (AvgIpc) is 2.47. The van der Waals surface area contributed by atoms with Crippen molar-refractivity contribution in [3.05, 3.63) is 54.3 Å². The fraction of sp³-hybridized carbons (Fsp3) is 0.133. The number of amides is 1. The summed E-state index contributed by atoms with van der Waals surface area (Å²) in [5.74, 6) is -0.562. The van der Waals surface area contributed by atoms with Gasteiger partial charge in [-0.3, -0.25) is 9.52 Å². The third-order valence-electron chi connectivity index (χ3n) is 2.67. The van der Waals surface area contributed by atoms with Crippen LogP contribution >= 0.6 is 11.8 Å². The number of benzene rings is 2. The van der Waals surface area contributed by atoms with Gasteiger partial charge in [0, 0.05) is 16.3 Å². The Bertz CT molecular complexity index is 793. The molecule has 2 aromatic rings. The van der Waals surface area contributed by atoms with Crippen LogP contribution in [0.2, 0.25) is 0 Å². The summed E-state index contributed by atoms with van der Waals surface area (Å²) in [7, 11) is -3.33.